The molecular weight excluding hydrogens is 304 g/mol. The predicted octanol–water partition coefficient (Wildman–Crippen LogP) is 2.95. The van der Waals surface area contributed by atoms with Crippen LogP contribution in [0.2, 0.25) is 0 Å². The second kappa shape index (κ2) is 6.25. The summed E-state index contributed by atoms with van der Waals surface area (Å²) in [6, 6.07) is 6.64. The first kappa shape index (κ1) is 14.8. The summed E-state index contributed by atoms with van der Waals surface area (Å²) >= 11 is 3.57. The number of rotatable bonds is 3. The van der Waals surface area contributed by atoms with E-state index in [0.717, 1.165) is 24.0 Å². The molecule has 1 saturated heterocycles. The van der Waals surface area contributed by atoms with Crippen LogP contribution >= 0.6 is 15.9 Å². The summed E-state index contributed by atoms with van der Waals surface area (Å²) in [6.45, 7) is 8.19. The summed E-state index contributed by atoms with van der Waals surface area (Å²) < 4.78 is 6.92. The number of hydrogen-bond donors (Lipinski definition) is 1. The highest BCUT2D eigenvalue weighted by Crippen LogP contribution is 2.28. The first-order valence-corrected chi connectivity index (χ1v) is 7.69. The largest absolute Gasteiger partial charge is 0.372 e. The molecule has 0 radical (unpaired) electrons. The van der Waals surface area contributed by atoms with Gasteiger partial charge in [-0.1, -0.05) is 22.0 Å². The lowest BCUT2D eigenvalue weighted by molar-refractivity contribution is -0.00526. The average Bonchev–Trinajstić information content (AvgIpc) is 2.29. The minimum atomic E-state index is 0.177. The first-order valence-electron chi connectivity index (χ1n) is 6.90. The lowest BCUT2D eigenvalue weighted by Crippen LogP contribution is -2.46. The summed E-state index contributed by atoms with van der Waals surface area (Å²) in [5.41, 5.74) is 8.57. The van der Waals surface area contributed by atoms with Gasteiger partial charge in [0.15, 0.2) is 0 Å². The van der Waals surface area contributed by atoms with Crippen LogP contribution in [-0.4, -0.2) is 31.3 Å². The van der Waals surface area contributed by atoms with Crippen molar-refractivity contribution in [2.75, 3.05) is 18.0 Å². The molecule has 0 aromatic heterocycles. The van der Waals surface area contributed by atoms with E-state index in [-0.39, 0.29) is 18.2 Å². The third kappa shape index (κ3) is 3.94. The van der Waals surface area contributed by atoms with E-state index < -0.39 is 0 Å². The Kier molecular flexibility index (Phi) is 4.87. The minimum Gasteiger partial charge on any atom is -0.372 e. The normalized spacial score (nSPS) is 25.4. The van der Waals surface area contributed by atoms with Crippen molar-refractivity contribution in [1.29, 1.82) is 0 Å². The van der Waals surface area contributed by atoms with E-state index in [4.69, 9.17) is 10.5 Å². The van der Waals surface area contributed by atoms with Gasteiger partial charge in [-0.05, 0) is 44.9 Å². The Morgan fingerprint density at radius 1 is 1.37 bits per heavy atom. The number of nitrogens with two attached hydrogens (primary N) is 1. The molecule has 0 spiro atoms. The van der Waals surface area contributed by atoms with Crippen molar-refractivity contribution in [2.45, 2.75) is 45.4 Å². The number of halogens is 1. The fourth-order valence-electron chi connectivity index (χ4n) is 2.73. The van der Waals surface area contributed by atoms with Gasteiger partial charge >= 0.3 is 0 Å². The van der Waals surface area contributed by atoms with Gasteiger partial charge in [0.25, 0.3) is 0 Å². The standard InChI is InChI=1S/C15H23BrN2O/c1-10(17)6-13-4-5-14(16)7-15(13)18-8-11(2)19-12(3)9-18/h4-5,7,10-12H,6,8-9,17H2,1-3H3/t10?,11-,12+. The van der Waals surface area contributed by atoms with Crippen molar-refractivity contribution in [3.63, 3.8) is 0 Å². The number of ether oxygens (including phenoxy) is 1. The zero-order valence-electron chi connectivity index (χ0n) is 11.9. The van der Waals surface area contributed by atoms with Gasteiger partial charge in [0.05, 0.1) is 12.2 Å². The third-order valence-electron chi connectivity index (χ3n) is 3.35. The topological polar surface area (TPSA) is 38.5 Å². The number of morpholine rings is 1. The number of nitrogens with zero attached hydrogens (tertiary/aromatic N) is 1. The fourth-order valence-corrected chi connectivity index (χ4v) is 3.07. The van der Waals surface area contributed by atoms with Crippen molar-refractivity contribution < 1.29 is 4.74 Å². The van der Waals surface area contributed by atoms with E-state index in [1.807, 2.05) is 0 Å². The summed E-state index contributed by atoms with van der Waals surface area (Å²) in [5, 5.41) is 0. The van der Waals surface area contributed by atoms with Gasteiger partial charge < -0.3 is 15.4 Å². The molecule has 19 heavy (non-hydrogen) atoms. The molecule has 1 aromatic rings. The molecule has 1 heterocycles. The summed E-state index contributed by atoms with van der Waals surface area (Å²) in [7, 11) is 0. The second-order valence-corrected chi connectivity index (χ2v) is 6.53. The van der Waals surface area contributed by atoms with Crippen LogP contribution in [0.1, 0.15) is 26.3 Å². The molecule has 1 fully saturated rings. The van der Waals surface area contributed by atoms with Crippen LogP contribution in [0.5, 0.6) is 0 Å². The van der Waals surface area contributed by atoms with Crippen molar-refractivity contribution in [2.24, 2.45) is 5.73 Å². The van der Waals surface area contributed by atoms with Crippen molar-refractivity contribution in [3.05, 3.63) is 28.2 Å². The molecule has 2 rings (SSSR count). The van der Waals surface area contributed by atoms with Crippen LogP contribution in [0.15, 0.2) is 22.7 Å². The van der Waals surface area contributed by atoms with E-state index in [9.17, 15) is 0 Å². The molecule has 1 aromatic carbocycles. The maximum atomic E-state index is 5.96. The molecule has 0 amide bonds. The second-order valence-electron chi connectivity index (χ2n) is 5.62. The lowest BCUT2D eigenvalue weighted by Gasteiger charge is -2.38. The molecule has 1 aliphatic heterocycles. The highest BCUT2D eigenvalue weighted by Gasteiger charge is 2.24. The summed E-state index contributed by atoms with van der Waals surface area (Å²) in [6.07, 6.45) is 1.44. The van der Waals surface area contributed by atoms with Crippen LogP contribution in [0.3, 0.4) is 0 Å². The Morgan fingerprint density at radius 3 is 2.58 bits per heavy atom. The Bertz CT molecular complexity index is 426. The van der Waals surface area contributed by atoms with Crippen LogP contribution < -0.4 is 10.6 Å². The molecule has 0 saturated carbocycles. The fraction of sp³-hybridized carbons (Fsp3) is 0.600. The Hall–Kier alpha value is -0.580. The minimum absolute atomic E-state index is 0.177. The van der Waals surface area contributed by atoms with Gasteiger partial charge in [-0.25, -0.2) is 0 Å². The van der Waals surface area contributed by atoms with E-state index in [1.54, 1.807) is 0 Å². The van der Waals surface area contributed by atoms with E-state index >= 15 is 0 Å². The van der Waals surface area contributed by atoms with Crippen molar-refractivity contribution in [1.82, 2.24) is 0 Å². The molecule has 2 N–H and O–H groups in total. The quantitative estimate of drug-likeness (QED) is 0.928. The highest BCUT2D eigenvalue weighted by atomic mass is 79.9. The molecule has 3 nitrogen and oxygen atoms in total. The maximum Gasteiger partial charge on any atom is 0.0726 e. The number of benzene rings is 1. The molecule has 1 aliphatic rings. The van der Waals surface area contributed by atoms with Crippen LogP contribution in [0.4, 0.5) is 5.69 Å². The van der Waals surface area contributed by atoms with Gasteiger partial charge in [-0.15, -0.1) is 0 Å². The van der Waals surface area contributed by atoms with Gasteiger partial charge in [0.2, 0.25) is 0 Å². The first-order chi connectivity index (χ1) is 8.95. The van der Waals surface area contributed by atoms with Gasteiger partial charge in [-0.2, -0.15) is 0 Å². The summed E-state index contributed by atoms with van der Waals surface area (Å²) in [5.74, 6) is 0. The maximum absolute atomic E-state index is 5.96. The van der Waals surface area contributed by atoms with Crippen molar-refractivity contribution >= 4 is 21.6 Å². The van der Waals surface area contributed by atoms with Crippen LogP contribution in [0.25, 0.3) is 0 Å². The van der Waals surface area contributed by atoms with Crippen molar-refractivity contribution in [3.8, 4) is 0 Å². The molecule has 0 bridgehead atoms. The van der Waals surface area contributed by atoms with E-state index in [1.165, 1.54) is 11.3 Å². The molecular formula is C15H23BrN2O. The summed E-state index contributed by atoms with van der Waals surface area (Å²) in [4.78, 5) is 2.42. The SMILES string of the molecule is CC(N)Cc1ccc(Br)cc1N1C[C@@H](C)O[C@@H](C)C1. The molecule has 4 heteroatoms. The van der Waals surface area contributed by atoms with Gasteiger partial charge in [0, 0.05) is 29.3 Å². The Morgan fingerprint density at radius 2 is 2.00 bits per heavy atom. The molecule has 1 unspecified atom stereocenters. The molecule has 106 valence electrons. The third-order valence-corrected chi connectivity index (χ3v) is 3.84. The van der Waals surface area contributed by atoms with Gasteiger partial charge in [-0.3, -0.25) is 0 Å². The lowest BCUT2D eigenvalue weighted by atomic mass is 10.0. The Balaban J connectivity index is 2.28. The van der Waals surface area contributed by atoms with E-state index in [0.29, 0.717) is 0 Å². The average molecular weight is 327 g/mol. The Labute approximate surface area is 124 Å². The predicted molar refractivity (Wildman–Crippen MR) is 83.7 cm³/mol. The monoisotopic (exact) mass is 326 g/mol. The molecule has 3 atom stereocenters. The zero-order chi connectivity index (χ0) is 14.0. The number of hydrogen-bond acceptors (Lipinski definition) is 3. The highest BCUT2D eigenvalue weighted by molar-refractivity contribution is 9.10. The molecule has 0 aliphatic carbocycles. The van der Waals surface area contributed by atoms with E-state index in [2.05, 4.69) is 59.8 Å². The van der Waals surface area contributed by atoms with Crippen LogP contribution in [-0.2, 0) is 11.2 Å². The van der Waals surface area contributed by atoms with Crippen LogP contribution in [0, 0.1) is 0 Å². The van der Waals surface area contributed by atoms with Gasteiger partial charge in [0.1, 0.15) is 0 Å². The smallest absolute Gasteiger partial charge is 0.0726 e. The number of anilines is 1. The zero-order valence-corrected chi connectivity index (χ0v) is 13.5.